The lowest BCUT2D eigenvalue weighted by Gasteiger charge is -2.22. The molecule has 2 aliphatic rings. The molecule has 1 aliphatic heterocycles. The molecule has 1 N–H and O–H groups in total. The van der Waals surface area contributed by atoms with Gasteiger partial charge in [-0.15, -0.1) is 11.3 Å². The predicted octanol–water partition coefficient (Wildman–Crippen LogP) is 2.70. The maximum Gasteiger partial charge on any atom is 0.345 e. The van der Waals surface area contributed by atoms with Crippen LogP contribution in [0.1, 0.15) is 45.8 Å². The van der Waals surface area contributed by atoms with Crippen molar-refractivity contribution in [2.75, 3.05) is 0 Å². The molecule has 0 bridgehead atoms. The molecular formula is C12H15NO2S. The summed E-state index contributed by atoms with van der Waals surface area (Å²) in [5.74, 6) is -0.785. The molecular weight excluding hydrogens is 222 g/mol. The Balaban J connectivity index is 1.75. The number of aromatic carboxylic acids is 1. The Hall–Kier alpha value is -0.870. The lowest BCUT2D eigenvalue weighted by molar-refractivity contribution is 0.0702. The summed E-state index contributed by atoms with van der Waals surface area (Å²) in [5.41, 5.74) is 1.24. The van der Waals surface area contributed by atoms with Crippen molar-refractivity contribution in [3.63, 3.8) is 0 Å². The normalized spacial score (nSPS) is 21.5. The van der Waals surface area contributed by atoms with Crippen molar-refractivity contribution >= 4 is 17.3 Å². The number of nitrogens with zero attached hydrogens (tertiary/aromatic N) is 1. The van der Waals surface area contributed by atoms with Crippen LogP contribution in [0.25, 0.3) is 0 Å². The first-order chi connectivity index (χ1) is 7.74. The smallest absolute Gasteiger partial charge is 0.345 e. The summed E-state index contributed by atoms with van der Waals surface area (Å²) in [4.78, 5) is 15.1. The quantitative estimate of drug-likeness (QED) is 0.859. The van der Waals surface area contributed by atoms with Gasteiger partial charge in [-0.05, 0) is 24.5 Å². The van der Waals surface area contributed by atoms with Gasteiger partial charge in [0.2, 0.25) is 0 Å². The maximum atomic E-state index is 10.8. The van der Waals surface area contributed by atoms with E-state index in [1.165, 1.54) is 47.5 Å². The van der Waals surface area contributed by atoms with Crippen LogP contribution in [0.4, 0.5) is 0 Å². The lowest BCUT2D eigenvalue weighted by Crippen LogP contribution is -2.27. The van der Waals surface area contributed by atoms with Crippen LogP contribution in [0, 0.1) is 0 Å². The molecule has 86 valence electrons. The summed E-state index contributed by atoms with van der Waals surface area (Å²) in [6.45, 7) is 1.93. The fraction of sp³-hybridized carbons (Fsp3) is 0.583. The fourth-order valence-corrected chi connectivity index (χ4v) is 3.87. The van der Waals surface area contributed by atoms with Gasteiger partial charge < -0.3 is 5.11 Å². The summed E-state index contributed by atoms with van der Waals surface area (Å²) >= 11 is 1.45. The third kappa shape index (κ3) is 1.66. The van der Waals surface area contributed by atoms with E-state index in [0.29, 0.717) is 4.88 Å². The molecule has 0 atom stereocenters. The van der Waals surface area contributed by atoms with Gasteiger partial charge in [0.05, 0.1) is 0 Å². The maximum absolute atomic E-state index is 10.8. The largest absolute Gasteiger partial charge is 0.477 e. The Morgan fingerprint density at radius 3 is 2.75 bits per heavy atom. The Bertz CT molecular complexity index is 397. The summed E-state index contributed by atoms with van der Waals surface area (Å²) < 4.78 is 0. The molecule has 3 nitrogen and oxygen atoms in total. The second kappa shape index (κ2) is 3.86. The van der Waals surface area contributed by atoms with E-state index in [2.05, 4.69) is 4.90 Å². The van der Waals surface area contributed by atoms with Gasteiger partial charge in [0, 0.05) is 24.0 Å². The average molecular weight is 237 g/mol. The highest BCUT2D eigenvalue weighted by Crippen LogP contribution is 2.35. The van der Waals surface area contributed by atoms with E-state index in [4.69, 9.17) is 5.11 Å². The van der Waals surface area contributed by atoms with E-state index >= 15 is 0 Å². The van der Waals surface area contributed by atoms with Crippen molar-refractivity contribution in [2.45, 2.75) is 44.8 Å². The molecule has 0 radical (unpaired) electrons. The highest BCUT2D eigenvalue weighted by molar-refractivity contribution is 7.14. The van der Waals surface area contributed by atoms with Gasteiger partial charge in [-0.1, -0.05) is 12.8 Å². The van der Waals surface area contributed by atoms with Gasteiger partial charge in [0.1, 0.15) is 4.88 Å². The van der Waals surface area contributed by atoms with Gasteiger partial charge in [0.25, 0.3) is 0 Å². The summed E-state index contributed by atoms with van der Waals surface area (Å²) in [7, 11) is 0. The van der Waals surface area contributed by atoms with E-state index in [1.807, 2.05) is 6.07 Å². The van der Waals surface area contributed by atoms with Crippen LogP contribution in [0.2, 0.25) is 0 Å². The number of fused-ring (bicyclic) bond motifs is 1. The lowest BCUT2D eigenvalue weighted by atomic mass is 10.2. The highest BCUT2D eigenvalue weighted by Gasteiger charge is 2.30. The van der Waals surface area contributed by atoms with Crippen molar-refractivity contribution in [3.05, 3.63) is 21.4 Å². The van der Waals surface area contributed by atoms with Crippen LogP contribution >= 0.6 is 11.3 Å². The minimum atomic E-state index is -0.785. The molecule has 0 aromatic carbocycles. The third-order valence-corrected chi connectivity index (χ3v) is 4.82. The summed E-state index contributed by atoms with van der Waals surface area (Å²) in [5, 5.41) is 8.92. The van der Waals surface area contributed by atoms with E-state index in [-0.39, 0.29) is 0 Å². The molecule has 4 heteroatoms. The molecule has 0 saturated heterocycles. The predicted molar refractivity (Wildman–Crippen MR) is 62.8 cm³/mol. The molecule has 0 amide bonds. The van der Waals surface area contributed by atoms with Crippen molar-refractivity contribution < 1.29 is 9.90 Å². The number of carbonyl (C=O) groups is 1. The van der Waals surface area contributed by atoms with Gasteiger partial charge in [-0.25, -0.2) is 4.79 Å². The fourth-order valence-electron chi connectivity index (χ4n) is 2.83. The van der Waals surface area contributed by atoms with Crippen LogP contribution in [-0.4, -0.2) is 22.0 Å². The van der Waals surface area contributed by atoms with Crippen LogP contribution in [0.15, 0.2) is 6.07 Å². The van der Waals surface area contributed by atoms with Crippen molar-refractivity contribution in [2.24, 2.45) is 0 Å². The third-order valence-electron chi connectivity index (χ3n) is 3.67. The number of carboxylic acid groups (broad SMARTS) is 1. The topological polar surface area (TPSA) is 40.5 Å². The molecule has 1 aromatic rings. The van der Waals surface area contributed by atoms with Gasteiger partial charge >= 0.3 is 5.97 Å². The number of thiophene rings is 1. The molecule has 3 rings (SSSR count). The molecule has 1 fully saturated rings. The second-order valence-electron chi connectivity index (χ2n) is 4.71. The molecule has 1 aromatic heterocycles. The monoisotopic (exact) mass is 237 g/mol. The first-order valence-corrected chi connectivity index (χ1v) is 6.64. The van der Waals surface area contributed by atoms with E-state index in [1.54, 1.807) is 0 Å². The minimum Gasteiger partial charge on any atom is -0.477 e. The Labute approximate surface area is 98.7 Å². The second-order valence-corrected chi connectivity index (χ2v) is 5.84. The number of carboxylic acids is 1. The van der Waals surface area contributed by atoms with E-state index in [9.17, 15) is 4.79 Å². The standard InChI is InChI=1S/C12H15NO2S/c14-12(15)10-5-8-6-13(7-11(8)16-10)9-3-1-2-4-9/h5,9H,1-4,6-7H2,(H,14,15). The van der Waals surface area contributed by atoms with Crippen molar-refractivity contribution in [1.29, 1.82) is 0 Å². The molecule has 0 spiro atoms. The zero-order valence-corrected chi connectivity index (χ0v) is 9.92. The molecule has 1 aliphatic carbocycles. The van der Waals surface area contributed by atoms with Crippen LogP contribution < -0.4 is 0 Å². The van der Waals surface area contributed by atoms with Crippen molar-refractivity contribution in [3.8, 4) is 0 Å². The Morgan fingerprint density at radius 1 is 1.38 bits per heavy atom. The first-order valence-electron chi connectivity index (χ1n) is 5.83. The van der Waals surface area contributed by atoms with Crippen molar-refractivity contribution in [1.82, 2.24) is 4.90 Å². The molecule has 1 saturated carbocycles. The van der Waals surface area contributed by atoms with Crippen LogP contribution in [0.3, 0.4) is 0 Å². The molecule has 16 heavy (non-hydrogen) atoms. The van der Waals surface area contributed by atoms with E-state index in [0.717, 1.165) is 19.1 Å². The Kier molecular flexibility index (Phi) is 2.48. The van der Waals surface area contributed by atoms with Crippen LogP contribution in [-0.2, 0) is 13.1 Å². The zero-order valence-electron chi connectivity index (χ0n) is 9.11. The zero-order chi connectivity index (χ0) is 11.1. The summed E-state index contributed by atoms with van der Waals surface area (Å²) in [6.07, 6.45) is 5.35. The van der Waals surface area contributed by atoms with Gasteiger partial charge in [-0.2, -0.15) is 0 Å². The van der Waals surface area contributed by atoms with E-state index < -0.39 is 5.97 Å². The SMILES string of the molecule is O=C(O)c1cc2c(s1)CN(C1CCCC1)C2. The van der Waals surface area contributed by atoms with Crippen LogP contribution in [0.5, 0.6) is 0 Å². The van der Waals surface area contributed by atoms with Gasteiger partial charge in [-0.3, -0.25) is 4.90 Å². The summed E-state index contributed by atoms with van der Waals surface area (Å²) in [6, 6.07) is 2.60. The number of hydrogen-bond acceptors (Lipinski definition) is 3. The average Bonchev–Trinajstić information content (AvgIpc) is 2.91. The minimum absolute atomic E-state index is 0.496. The number of rotatable bonds is 2. The first kappa shape index (κ1) is 10.3. The highest BCUT2D eigenvalue weighted by atomic mass is 32.1. The Morgan fingerprint density at radius 2 is 2.12 bits per heavy atom. The number of hydrogen-bond donors (Lipinski definition) is 1. The van der Waals surface area contributed by atoms with Gasteiger partial charge in [0.15, 0.2) is 0 Å². The molecule has 0 unspecified atom stereocenters. The molecule has 2 heterocycles.